The second kappa shape index (κ2) is 9.30. The van der Waals surface area contributed by atoms with Crippen molar-refractivity contribution < 1.29 is 27.8 Å². The Morgan fingerprint density at radius 2 is 1.69 bits per heavy atom. The number of alkyl halides is 3. The number of aliphatic carboxylic acids is 1. The number of aromatic nitrogens is 2. The van der Waals surface area contributed by atoms with E-state index in [0.717, 1.165) is 33.5 Å². The number of carboxylic acid groups (broad SMARTS) is 1. The van der Waals surface area contributed by atoms with Gasteiger partial charge in [-0.15, -0.1) is 11.8 Å². The highest BCUT2D eigenvalue weighted by Crippen LogP contribution is 2.39. The summed E-state index contributed by atoms with van der Waals surface area (Å²) >= 11 is 1.62. The number of thioether (sulfide) groups is 1. The van der Waals surface area contributed by atoms with E-state index < -0.39 is 23.3 Å². The van der Waals surface area contributed by atoms with Gasteiger partial charge in [-0.1, -0.05) is 12.1 Å². The molecule has 1 heterocycles. The van der Waals surface area contributed by atoms with Gasteiger partial charge in [0, 0.05) is 21.7 Å². The minimum atomic E-state index is -4.38. The minimum absolute atomic E-state index is 0.0474. The molecule has 4 aromatic rings. The summed E-state index contributed by atoms with van der Waals surface area (Å²) in [7, 11) is 0. The molecule has 0 fully saturated rings. The molecule has 0 bridgehead atoms. The third-order valence-electron chi connectivity index (χ3n) is 5.51. The van der Waals surface area contributed by atoms with Gasteiger partial charge in [-0.2, -0.15) is 18.3 Å². The second-order valence-corrected chi connectivity index (χ2v) is 9.96. The molecule has 9 heteroatoms. The Bertz CT molecular complexity index is 1350. The maximum atomic E-state index is 12.9. The van der Waals surface area contributed by atoms with Crippen LogP contribution in [0.1, 0.15) is 37.1 Å². The number of carboxylic acids is 1. The van der Waals surface area contributed by atoms with E-state index in [0.29, 0.717) is 11.4 Å². The van der Waals surface area contributed by atoms with Gasteiger partial charge in [-0.25, -0.2) is 9.48 Å². The monoisotopic (exact) mass is 500 g/mol. The van der Waals surface area contributed by atoms with Crippen molar-refractivity contribution >= 4 is 28.6 Å². The van der Waals surface area contributed by atoms with Crippen molar-refractivity contribution in [2.75, 3.05) is 0 Å². The van der Waals surface area contributed by atoms with E-state index in [1.165, 1.54) is 26.0 Å². The first-order valence-electron chi connectivity index (χ1n) is 10.8. The average Bonchev–Trinajstić information content (AvgIpc) is 3.24. The molecule has 0 aliphatic heterocycles. The van der Waals surface area contributed by atoms with Gasteiger partial charge in [0.15, 0.2) is 5.60 Å². The molecule has 35 heavy (non-hydrogen) atoms. The first kappa shape index (κ1) is 24.7. The molecule has 5 nitrogen and oxygen atoms in total. The summed E-state index contributed by atoms with van der Waals surface area (Å²) in [6, 6.07) is 17.9. The molecule has 0 radical (unpaired) electrons. The topological polar surface area (TPSA) is 64.3 Å². The van der Waals surface area contributed by atoms with Crippen LogP contribution in [0.4, 0.5) is 13.2 Å². The fourth-order valence-corrected chi connectivity index (χ4v) is 4.58. The van der Waals surface area contributed by atoms with Crippen molar-refractivity contribution in [3.05, 3.63) is 84.1 Å². The van der Waals surface area contributed by atoms with Gasteiger partial charge in [0.1, 0.15) is 5.75 Å². The van der Waals surface area contributed by atoms with Crippen molar-refractivity contribution in [2.24, 2.45) is 0 Å². The molecule has 182 valence electrons. The van der Waals surface area contributed by atoms with Crippen LogP contribution in [0.3, 0.4) is 0 Å². The summed E-state index contributed by atoms with van der Waals surface area (Å²) in [5.74, 6) is -0.580. The van der Waals surface area contributed by atoms with E-state index in [2.05, 4.69) is 12.0 Å². The van der Waals surface area contributed by atoms with E-state index >= 15 is 0 Å². The fourth-order valence-electron chi connectivity index (χ4n) is 3.55. The lowest BCUT2D eigenvalue weighted by Crippen LogP contribution is -2.37. The van der Waals surface area contributed by atoms with Crippen LogP contribution in [0.15, 0.2) is 77.8 Å². The quantitative estimate of drug-likeness (QED) is 0.273. The van der Waals surface area contributed by atoms with Gasteiger partial charge in [-0.3, -0.25) is 0 Å². The summed E-state index contributed by atoms with van der Waals surface area (Å²) in [4.78, 5) is 12.2. The Morgan fingerprint density at radius 3 is 2.29 bits per heavy atom. The van der Waals surface area contributed by atoms with Crippen LogP contribution in [-0.4, -0.2) is 26.5 Å². The van der Waals surface area contributed by atoms with E-state index in [4.69, 9.17) is 4.74 Å². The number of hydrogen-bond donors (Lipinski definition) is 1. The maximum absolute atomic E-state index is 12.9. The van der Waals surface area contributed by atoms with Crippen LogP contribution in [-0.2, 0) is 11.0 Å². The fraction of sp³-hybridized carbons (Fsp3) is 0.231. The number of fused-ring (bicyclic) bond motifs is 1. The molecule has 0 aliphatic rings. The van der Waals surface area contributed by atoms with E-state index in [1.54, 1.807) is 28.6 Å². The third kappa shape index (κ3) is 5.45. The molecule has 0 amide bonds. The van der Waals surface area contributed by atoms with E-state index in [9.17, 15) is 23.1 Å². The Morgan fingerprint density at radius 1 is 1.03 bits per heavy atom. The SMILES string of the molecule is CC(Sc1ccc(OC(C)(C)C(=O)O)cc1)c1cccc2nn(-c3ccc(C(F)(F)F)cc3)cc12. The lowest BCUT2D eigenvalue weighted by atomic mass is 10.1. The van der Waals surface area contributed by atoms with Crippen LogP contribution < -0.4 is 4.74 Å². The van der Waals surface area contributed by atoms with Crippen LogP contribution in [0, 0.1) is 0 Å². The molecule has 1 atom stereocenters. The van der Waals surface area contributed by atoms with Crippen molar-refractivity contribution in [1.29, 1.82) is 0 Å². The first-order chi connectivity index (χ1) is 16.4. The highest BCUT2D eigenvalue weighted by Gasteiger charge is 2.30. The smallest absolute Gasteiger partial charge is 0.416 e. The standard InChI is InChI=1S/C26H23F3N2O3S/c1-16(35-20-13-11-19(12-14-20)34-25(2,3)24(32)33)21-5-4-6-23-22(21)15-31(30-23)18-9-7-17(8-10-18)26(27,28)29/h4-16H,1-3H3,(H,32,33). The molecule has 3 aromatic carbocycles. The first-order valence-corrected chi connectivity index (χ1v) is 11.7. The lowest BCUT2D eigenvalue weighted by molar-refractivity contribution is -0.152. The Kier molecular flexibility index (Phi) is 6.55. The normalized spacial score (nSPS) is 13.1. The highest BCUT2D eigenvalue weighted by molar-refractivity contribution is 7.99. The summed E-state index contributed by atoms with van der Waals surface area (Å²) in [6.45, 7) is 5.05. The third-order valence-corrected chi connectivity index (χ3v) is 6.66. The molecule has 0 spiro atoms. The van der Waals surface area contributed by atoms with Crippen LogP contribution in [0.2, 0.25) is 0 Å². The number of rotatable bonds is 7. The molecule has 0 saturated carbocycles. The van der Waals surface area contributed by atoms with E-state index in [-0.39, 0.29) is 5.25 Å². The van der Waals surface area contributed by atoms with Crippen LogP contribution >= 0.6 is 11.8 Å². The van der Waals surface area contributed by atoms with Crippen LogP contribution in [0.5, 0.6) is 5.75 Å². The number of benzene rings is 3. The maximum Gasteiger partial charge on any atom is 0.416 e. The predicted octanol–water partition coefficient (Wildman–Crippen LogP) is 7.14. The van der Waals surface area contributed by atoms with Crippen molar-refractivity contribution in [3.63, 3.8) is 0 Å². The van der Waals surface area contributed by atoms with Crippen LogP contribution in [0.25, 0.3) is 16.6 Å². The van der Waals surface area contributed by atoms with Gasteiger partial charge in [-0.05, 0) is 80.9 Å². The second-order valence-electron chi connectivity index (χ2n) is 8.55. The van der Waals surface area contributed by atoms with Crippen molar-refractivity contribution in [2.45, 2.75) is 42.7 Å². The Hall–Kier alpha value is -3.46. The largest absolute Gasteiger partial charge is 0.478 e. The summed E-state index contributed by atoms with van der Waals surface area (Å²) in [5.41, 5.74) is 0.296. The van der Waals surface area contributed by atoms with Gasteiger partial charge in [0.25, 0.3) is 0 Å². The Labute approximate surface area is 204 Å². The molecular weight excluding hydrogens is 477 g/mol. The summed E-state index contributed by atoms with van der Waals surface area (Å²) < 4.78 is 45.8. The molecular formula is C26H23F3N2O3S. The zero-order valence-corrected chi connectivity index (χ0v) is 20.0. The molecule has 1 N–H and O–H groups in total. The van der Waals surface area contributed by atoms with Gasteiger partial charge >= 0.3 is 12.1 Å². The number of ether oxygens (including phenoxy) is 1. The van der Waals surface area contributed by atoms with Crippen molar-refractivity contribution in [1.82, 2.24) is 9.78 Å². The number of hydrogen-bond acceptors (Lipinski definition) is 4. The zero-order chi connectivity index (χ0) is 25.4. The summed E-state index contributed by atoms with van der Waals surface area (Å²) in [5, 5.41) is 14.7. The number of carbonyl (C=O) groups is 1. The highest BCUT2D eigenvalue weighted by atomic mass is 32.2. The number of nitrogens with zero attached hydrogens (tertiary/aromatic N) is 2. The van der Waals surface area contributed by atoms with Crippen molar-refractivity contribution in [3.8, 4) is 11.4 Å². The molecule has 0 aliphatic carbocycles. The minimum Gasteiger partial charge on any atom is -0.478 e. The molecule has 1 aromatic heterocycles. The van der Waals surface area contributed by atoms with E-state index in [1.807, 2.05) is 36.5 Å². The van der Waals surface area contributed by atoms with Gasteiger partial charge in [0.2, 0.25) is 0 Å². The predicted molar refractivity (Wildman–Crippen MR) is 129 cm³/mol. The molecule has 0 saturated heterocycles. The number of halogens is 3. The summed E-state index contributed by atoms with van der Waals surface area (Å²) in [6.07, 6.45) is -2.56. The zero-order valence-electron chi connectivity index (χ0n) is 19.2. The average molecular weight is 501 g/mol. The Balaban J connectivity index is 1.54. The molecule has 4 rings (SSSR count). The molecule has 1 unspecified atom stereocenters. The van der Waals surface area contributed by atoms with Gasteiger partial charge in [0.05, 0.1) is 16.8 Å². The van der Waals surface area contributed by atoms with Gasteiger partial charge < -0.3 is 9.84 Å². The lowest BCUT2D eigenvalue weighted by Gasteiger charge is -2.21.